The summed E-state index contributed by atoms with van der Waals surface area (Å²) in [6.07, 6.45) is 1.64. The van der Waals surface area contributed by atoms with Gasteiger partial charge in [-0.15, -0.1) is 0 Å². The Labute approximate surface area is 139 Å². The molecule has 1 amide bonds. The third kappa shape index (κ3) is 4.10. The fraction of sp³-hybridized carbons (Fsp3) is 0.312. The number of halogens is 1. The molecule has 0 radical (unpaired) electrons. The molecule has 7 heteroatoms. The van der Waals surface area contributed by atoms with Gasteiger partial charge in [0.05, 0.1) is 0 Å². The Bertz CT molecular complexity index is 684. The number of anilines is 2. The fourth-order valence-electron chi connectivity index (χ4n) is 2.57. The predicted molar refractivity (Wildman–Crippen MR) is 89.9 cm³/mol. The Morgan fingerprint density at radius 1 is 1.22 bits per heavy atom. The number of nitrogens with two attached hydrogens (primary N) is 1. The standard InChI is InChI=1S/C16H18ClN5O/c17-13-8-14(21-16(18)20-13)19-9-11-3-5-12(6-4-11)10-22-7-1-2-15(22)23/h3-6,8H,1-2,7,9-10H2,(H3,18,19,20,21). The van der Waals surface area contributed by atoms with Crippen LogP contribution in [0, 0.1) is 0 Å². The van der Waals surface area contributed by atoms with E-state index in [1.54, 1.807) is 6.07 Å². The van der Waals surface area contributed by atoms with Crippen molar-refractivity contribution in [2.45, 2.75) is 25.9 Å². The van der Waals surface area contributed by atoms with Gasteiger partial charge in [0.25, 0.3) is 0 Å². The van der Waals surface area contributed by atoms with Crippen LogP contribution in [-0.4, -0.2) is 27.3 Å². The smallest absolute Gasteiger partial charge is 0.223 e. The number of likely N-dealkylation sites (tertiary alicyclic amines) is 1. The second-order valence-corrected chi connectivity index (χ2v) is 5.91. The van der Waals surface area contributed by atoms with Crippen molar-refractivity contribution in [2.75, 3.05) is 17.6 Å². The first kappa shape index (κ1) is 15.6. The minimum absolute atomic E-state index is 0.144. The molecule has 0 atom stereocenters. The van der Waals surface area contributed by atoms with Crippen LogP contribution in [0.25, 0.3) is 0 Å². The van der Waals surface area contributed by atoms with Gasteiger partial charge in [0.1, 0.15) is 11.0 Å². The largest absolute Gasteiger partial charge is 0.368 e. The van der Waals surface area contributed by atoms with Gasteiger partial charge in [0.2, 0.25) is 11.9 Å². The van der Waals surface area contributed by atoms with Gasteiger partial charge in [0.15, 0.2) is 0 Å². The van der Waals surface area contributed by atoms with Crippen LogP contribution in [0.2, 0.25) is 5.15 Å². The van der Waals surface area contributed by atoms with Crippen LogP contribution in [0.5, 0.6) is 0 Å². The summed E-state index contributed by atoms with van der Waals surface area (Å²) in [5, 5.41) is 3.47. The fourth-order valence-corrected chi connectivity index (χ4v) is 2.76. The molecule has 0 bridgehead atoms. The number of nitrogen functional groups attached to an aromatic ring is 1. The number of rotatable bonds is 5. The molecular weight excluding hydrogens is 314 g/mol. The highest BCUT2D eigenvalue weighted by Gasteiger charge is 2.19. The highest BCUT2D eigenvalue weighted by molar-refractivity contribution is 6.29. The lowest BCUT2D eigenvalue weighted by Crippen LogP contribution is -2.23. The van der Waals surface area contributed by atoms with Gasteiger partial charge in [-0.25, -0.2) is 4.98 Å². The van der Waals surface area contributed by atoms with Crippen LogP contribution >= 0.6 is 11.6 Å². The molecule has 1 fully saturated rings. The number of aromatic nitrogens is 2. The highest BCUT2D eigenvalue weighted by atomic mass is 35.5. The van der Waals surface area contributed by atoms with Crippen LogP contribution < -0.4 is 11.1 Å². The topological polar surface area (TPSA) is 84.1 Å². The van der Waals surface area contributed by atoms with E-state index < -0.39 is 0 Å². The monoisotopic (exact) mass is 331 g/mol. The van der Waals surface area contributed by atoms with E-state index in [1.807, 2.05) is 29.2 Å². The molecule has 0 saturated carbocycles. The lowest BCUT2D eigenvalue weighted by molar-refractivity contribution is -0.128. The van der Waals surface area contributed by atoms with Gasteiger partial charge < -0.3 is 16.0 Å². The van der Waals surface area contributed by atoms with Crippen molar-refractivity contribution < 1.29 is 4.79 Å². The Morgan fingerprint density at radius 3 is 2.61 bits per heavy atom. The van der Waals surface area contributed by atoms with Crippen LogP contribution in [0.4, 0.5) is 11.8 Å². The zero-order valence-corrected chi connectivity index (χ0v) is 13.4. The molecule has 2 aromatic rings. The van der Waals surface area contributed by atoms with Gasteiger partial charge in [0, 0.05) is 32.1 Å². The van der Waals surface area contributed by atoms with Crippen LogP contribution in [0.3, 0.4) is 0 Å². The minimum Gasteiger partial charge on any atom is -0.368 e. The number of hydrogen-bond donors (Lipinski definition) is 2. The maximum Gasteiger partial charge on any atom is 0.223 e. The zero-order valence-electron chi connectivity index (χ0n) is 12.6. The lowest BCUT2D eigenvalue weighted by Gasteiger charge is -2.15. The molecule has 1 aliphatic heterocycles. The van der Waals surface area contributed by atoms with Gasteiger partial charge in [-0.1, -0.05) is 35.9 Å². The van der Waals surface area contributed by atoms with Crippen molar-refractivity contribution in [1.29, 1.82) is 0 Å². The van der Waals surface area contributed by atoms with E-state index >= 15 is 0 Å². The number of carbonyl (C=O) groups is 1. The number of nitrogens with zero attached hydrogens (tertiary/aromatic N) is 3. The molecule has 0 aliphatic carbocycles. The summed E-state index contributed by atoms with van der Waals surface area (Å²) in [4.78, 5) is 21.4. The van der Waals surface area contributed by atoms with Crippen molar-refractivity contribution >= 4 is 29.3 Å². The van der Waals surface area contributed by atoms with E-state index in [2.05, 4.69) is 15.3 Å². The maximum absolute atomic E-state index is 11.6. The highest BCUT2D eigenvalue weighted by Crippen LogP contribution is 2.16. The van der Waals surface area contributed by atoms with Crippen LogP contribution in [0.15, 0.2) is 30.3 Å². The van der Waals surface area contributed by atoms with E-state index in [0.717, 1.165) is 24.1 Å². The summed E-state index contributed by atoms with van der Waals surface area (Å²) in [5.41, 5.74) is 7.80. The molecule has 3 rings (SSSR count). The Kier molecular flexibility index (Phi) is 4.62. The van der Waals surface area contributed by atoms with Gasteiger partial charge in [-0.3, -0.25) is 4.79 Å². The minimum atomic E-state index is 0.144. The average Bonchev–Trinajstić information content (AvgIpc) is 2.91. The Hall–Kier alpha value is -2.34. The quantitative estimate of drug-likeness (QED) is 0.822. The van der Waals surface area contributed by atoms with Crippen molar-refractivity contribution in [2.24, 2.45) is 0 Å². The molecule has 6 nitrogen and oxygen atoms in total. The number of carbonyl (C=O) groups excluding carboxylic acids is 1. The molecule has 1 saturated heterocycles. The molecule has 0 spiro atoms. The van der Waals surface area contributed by atoms with E-state index in [-0.39, 0.29) is 11.9 Å². The SMILES string of the molecule is Nc1nc(Cl)cc(NCc2ccc(CN3CCCC3=O)cc2)n1. The first-order valence-corrected chi connectivity index (χ1v) is 7.87. The van der Waals surface area contributed by atoms with Gasteiger partial charge in [-0.05, 0) is 17.5 Å². The number of nitrogens with one attached hydrogen (secondary N) is 1. The second kappa shape index (κ2) is 6.83. The third-order valence-corrected chi connectivity index (χ3v) is 3.95. The van der Waals surface area contributed by atoms with Crippen molar-refractivity contribution in [3.05, 3.63) is 46.6 Å². The number of hydrogen-bond acceptors (Lipinski definition) is 5. The van der Waals surface area contributed by atoms with Crippen molar-refractivity contribution in [3.63, 3.8) is 0 Å². The zero-order chi connectivity index (χ0) is 16.2. The Morgan fingerprint density at radius 2 is 1.96 bits per heavy atom. The third-order valence-electron chi connectivity index (χ3n) is 3.75. The summed E-state index contributed by atoms with van der Waals surface area (Å²) in [6.45, 7) is 2.15. The van der Waals surface area contributed by atoms with Crippen molar-refractivity contribution in [3.8, 4) is 0 Å². The first-order chi connectivity index (χ1) is 11.1. The maximum atomic E-state index is 11.6. The van der Waals surface area contributed by atoms with E-state index in [0.29, 0.717) is 30.5 Å². The average molecular weight is 332 g/mol. The van der Waals surface area contributed by atoms with Crippen LogP contribution in [-0.2, 0) is 17.9 Å². The lowest BCUT2D eigenvalue weighted by atomic mass is 10.1. The molecule has 3 N–H and O–H groups in total. The summed E-state index contributed by atoms with van der Waals surface area (Å²) in [7, 11) is 0. The van der Waals surface area contributed by atoms with Crippen molar-refractivity contribution in [1.82, 2.24) is 14.9 Å². The molecule has 1 aromatic carbocycles. The molecule has 1 aromatic heterocycles. The Balaban J connectivity index is 1.58. The van der Waals surface area contributed by atoms with E-state index in [4.69, 9.17) is 17.3 Å². The first-order valence-electron chi connectivity index (χ1n) is 7.50. The predicted octanol–water partition coefficient (Wildman–Crippen LogP) is 2.45. The number of benzene rings is 1. The van der Waals surface area contributed by atoms with Gasteiger partial charge >= 0.3 is 0 Å². The number of amides is 1. The molecule has 120 valence electrons. The normalized spacial score (nSPS) is 14.3. The summed E-state index contributed by atoms with van der Waals surface area (Å²) in [5.74, 6) is 0.980. The van der Waals surface area contributed by atoms with Gasteiger partial charge in [-0.2, -0.15) is 4.98 Å². The molecule has 1 aliphatic rings. The molecular formula is C16H18ClN5O. The van der Waals surface area contributed by atoms with E-state index in [1.165, 1.54) is 0 Å². The molecule has 23 heavy (non-hydrogen) atoms. The second-order valence-electron chi connectivity index (χ2n) is 5.52. The van der Waals surface area contributed by atoms with Crippen LogP contribution in [0.1, 0.15) is 24.0 Å². The molecule has 0 unspecified atom stereocenters. The summed E-state index contributed by atoms with van der Waals surface area (Å²) in [6, 6.07) is 9.79. The van der Waals surface area contributed by atoms with E-state index in [9.17, 15) is 4.79 Å². The summed E-state index contributed by atoms with van der Waals surface area (Å²) >= 11 is 5.84. The molecule has 2 heterocycles. The summed E-state index contributed by atoms with van der Waals surface area (Å²) < 4.78 is 0.